The minimum absolute atomic E-state index is 0.0106. The van der Waals surface area contributed by atoms with Crippen molar-refractivity contribution in [2.45, 2.75) is 106 Å². The molecule has 198 valence electrons. The van der Waals surface area contributed by atoms with Gasteiger partial charge >= 0.3 is 191 Å². The SMILES string of the molecule is CCC[CH2][Sn](/[CH]=C/CNC(=O)/C=C/[C@@H](C)[C@H](OCc1ccccc1)C(C)C)([CH2]CCC)[CH2]CCC. The van der Waals surface area contributed by atoms with Crippen molar-refractivity contribution in [2.75, 3.05) is 6.54 Å². The van der Waals surface area contributed by atoms with E-state index in [1.54, 1.807) is 6.08 Å². The van der Waals surface area contributed by atoms with Crippen molar-refractivity contribution < 1.29 is 9.53 Å². The van der Waals surface area contributed by atoms with Crippen LogP contribution in [0.5, 0.6) is 0 Å². The summed E-state index contributed by atoms with van der Waals surface area (Å²) in [6.45, 7) is 14.7. The minimum atomic E-state index is -2.26. The Morgan fingerprint density at radius 2 is 1.51 bits per heavy atom. The van der Waals surface area contributed by atoms with Gasteiger partial charge in [-0.1, -0.05) is 30.3 Å². The van der Waals surface area contributed by atoms with Gasteiger partial charge in [-0.25, -0.2) is 0 Å². The van der Waals surface area contributed by atoms with Gasteiger partial charge in [-0.15, -0.1) is 0 Å². The molecule has 1 rings (SSSR count). The summed E-state index contributed by atoms with van der Waals surface area (Å²) in [5, 5.41) is 3.09. The van der Waals surface area contributed by atoms with Crippen LogP contribution < -0.4 is 5.32 Å². The van der Waals surface area contributed by atoms with Crippen LogP contribution in [0, 0.1) is 11.8 Å². The van der Waals surface area contributed by atoms with E-state index in [9.17, 15) is 4.79 Å². The van der Waals surface area contributed by atoms with E-state index in [0.717, 1.165) is 0 Å². The first kappa shape index (κ1) is 32.0. The van der Waals surface area contributed by atoms with E-state index < -0.39 is 18.4 Å². The van der Waals surface area contributed by atoms with Gasteiger partial charge in [0.2, 0.25) is 0 Å². The first-order chi connectivity index (χ1) is 16.9. The number of nitrogens with one attached hydrogen (secondary N) is 1. The van der Waals surface area contributed by atoms with Crippen LogP contribution in [0.4, 0.5) is 0 Å². The van der Waals surface area contributed by atoms with Crippen LogP contribution in [0.25, 0.3) is 0 Å². The second-order valence-corrected chi connectivity index (χ2v) is 23.6. The first-order valence-corrected chi connectivity index (χ1v) is 21.9. The van der Waals surface area contributed by atoms with Gasteiger partial charge < -0.3 is 0 Å². The Morgan fingerprint density at radius 3 is 2.03 bits per heavy atom. The van der Waals surface area contributed by atoms with Gasteiger partial charge in [0.05, 0.1) is 0 Å². The van der Waals surface area contributed by atoms with Gasteiger partial charge in [-0.05, 0) is 0 Å². The van der Waals surface area contributed by atoms with E-state index in [1.807, 2.05) is 24.3 Å². The monoisotopic (exact) mass is 591 g/mol. The Balaban J connectivity index is 2.64. The predicted octanol–water partition coefficient (Wildman–Crippen LogP) is 8.48. The second-order valence-electron chi connectivity index (χ2n) is 10.5. The van der Waals surface area contributed by atoms with E-state index in [4.69, 9.17) is 4.74 Å². The molecule has 0 saturated carbocycles. The van der Waals surface area contributed by atoms with Crippen molar-refractivity contribution >= 4 is 24.3 Å². The van der Waals surface area contributed by atoms with Gasteiger partial charge in [0, 0.05) is 0 Å². The average Bonchev–Trinajstić information content (AvgIpc) is 2.86. The van der Waals surface area contributed by atoms with Crippen molar-refractivity contribution in [3.05, 3.63) is 58.2 Å². The number of amides is 1. The summed E-state index contributed by atoms with van der Waals surface area (Å²) < 4.78 is 13.3. The Bertz CT molecular complexity index is 707. The normalized spacial score (nSPS) is 14.1. The van der Waals surface area contributed by atoms with Crippen LogP contribution in [0.15, 0.2) is 52.7 Å². The Morgan fingerprint density at radius 1 is 0.943 bits per heavy atom. The number of ether oxygens (including phenoxy) is 1. The van der Waals surface area contributed by atoms with Crippen LogP contribution in [0.3, 0.4) is 0 Å². The summed E-state index contributed by atoms with van der Waals surface area (Å²) in [4.78, 5) is 12.5. The molecule has 0 aliphatic carbocycles. The van der Waals surface area contributed by atoms with Crippen molar-refractivity contribution in [1.29, 1.82) is 0 Å². The zero-order chi connectivity index (χ0) is 25.9. The zero-order valence-electron chi connectivity index (χ0n) is 23.5. The summed E-state index contributed by atoms with van der Waals surface area (Å²) in [6.07, 6.45) is 14.0. The topological polar surface area (TPSA) is 38.3 Å². The molecule has 0 bridgehead atoms. The molecule has 1 amide bonds. The van der Waals surface area contributed by atoms with Crippen molar-refractivity contribution in [3.63, 3.8) is 0 Å². The molecule has 1 aromatic rings. The molecule has 0 heterocycles. The van der Waals surface area contributed by atoms with Crippen LogP contribution >= 0.6 is 0 Å². The average molecular weight is 590 g/mol. The molecule has 0 unspecified atom stereocenters. The number of hydrogen-bond donors (Lipinski definition) is 1. The molecule has 3 nitrogen and oxygen atoms in total. The van der Waals surface area contributed by atoms with E-state index in [0.29, 0.717) is 19.1 Å². The van der Waals surface area contributed by atoms with Gasteiger partial charge in [-0.2, -0.15) is 0 Å². The maximum atomic E-state index is 12.5. The molecule has 0 aliphatic rings. The van der Waals surface area contributed by atoms with Crippen LogP contribution in [-0.4, -0.2) is 36.9 Å². The van der Waals surface area contributed by atoms with Crippen LogP contribution in [-0.2, 0) is 16.1 Å². The molecule has 0 aliphatic heterocycles. The fourth-order valence-corrected chi connectivity index (χ4v) is 19.2. The third-order valence-corrected chi connectivity index (χ3v) is 21.2. The molecular weight excluding hydrogens is 537 g/mol. The number of carbonyl (C=O) groups excluding carboxylic acids is 1. The van der Waals surface area contributed by atoms with Crippen LogP contribution in [0.2, 0.25) is 13.3 Å². The summed E-state index contributed by atoms with van der Waals surface area (Å²) in [7, 11) is 0. The molecule has 2 atom stereocenters. The summed E-state index contributed by atoms with van der Waals surface area (Å²) >= 11 is -2.26. The van der Waals surface area contributed by atoms with E-state index in [-0.39, 0.29) is 17.9 Å². The molecule has 0 radical (unpaired) electrons. The predicted molar refractivity (Wildman–Crippen MR) is 155 cm³/mol. The fourth-order valence-electron chi connectivity index (χ4n) is 4.81. The Kier molecular flexibility index (Phi) is 17.4. The number of benzene rings is 1. The van der Waals surface area contributed by atoms with Gasteiger partial charge in [0.25, 0.3) is 0 Å². The zero-order valence-corrected chi connectivity index (χ0v) is 26.4. The van der Waals surface area contributed by atoms with Gasteiger partial charge in [0.15, 0.2) is 0 Å². The quantitative estimate of drug-likeness (QED) is 0.130. The van der Waals surface area contributed by atoms with E-state index in [1.165, 1.54) is 57.4 Å². The molecular formula is C31H53NO2Sn. The fraction of sp³-hybridized carbons (Fsp3) is 0.645. The Hall–Kier alpha value is -1.07. The number of carbonyl (C=O) groups is 1. The van der Waals surface area contributed by atoms with E-state index >= 15 is 0 Å². The molecule has 1 N–H and O–H groups in total. The standard InChI is InChI=1S/C19H26NO2.3C4H9.Sn/c1-5-13-20-18(21)12-11-16(4)19(15(2)3)22-14-17-9-7-6-8-10-17;3*1-3-4-2;/h1,5-12,15-16,19H,13-14H2,2-4H3,(H,20,21);3*1,3-4H2,2H3;/b5-1?,12-11+;;;;/t16-,19-;;;;/m1..../s1. The summed E-state index contributed by atoms with van der Waals surface area (Å²) in [5.74, 6) is 0.531. The number of unbranched alkanes of at least 4 members (excludes halogenated alkanes) is 3. The van der Waals surface area contributed by atoms with Crippen LogP contribution in [0.1, 0.15) is 85.6 Å². The summed E-state index contributed by atoms with van der Waals surface area (Å²) in [5.41, 5.74) is 1.18. The molecule has 4 heteroatoms. The third kappa shape index (κ3) is 13.7. The van der Waals surface area contributed by atoms with Gasteiger partial charge in [0.1, 0.15) is 0 Å². The van der Waals surface area contributed by atoms with Crippen molar-refractivity contribution in [2.24, 2.45) is 11.8 Å². The molecule has 0 spiro atoms. The van der Waals surface area contributed by atoms with Gasteiger partial charge in [-0.3, -0.25) is 0 Å². The second kappa shape index (κ2) is 19.1. The molecule has 0 saturated heterocycles. The number of hydrogen-bond acceptors (Lipinski definition) is 2. The Labute approximate surface area is 221 Å². The molecule has 35 heavy (non-hydrogen) atoms. The van der Waals surface area contributed by atoms with E-state index in [2.05, 4.69) is 69.2 Å². The number of rotatable bonds is 19. The molecule has 0 fully saturated rings. The maximum absolute atomic E-state index is 12.5. The summed E-state index contributed by atoms with van der Waals surface area (Å²) in [6, 6.07) is 10.3. The van der Waals surface area contributed by atoms with Crippen molar-refractivity contribution in [3.8, 4) is 0 Å². The molecule has 1 aromatic carbocycles. The molecule has 0 aromatic heterocycles. The third-order valence-electron chi connectivity index (χ3n) is 6.96. The first-order valence-electron chi connectivity index (χ1n) is 14.2. The van der Waals surface area contributed by atoms with Crippen molar-refractivity contribution in [1.82, 2.24) is 5.32 Å².